The van der Waals surface area contributed by atoms with Gasteiger partial charge in [0, 0.05) is 24.7 Å². The van der Waals surface area contributed by atoms with Crippen LogP contribution in [-0.4, -0.2) is 33.6 Å². The molecule has 0 saturated carbocycles. The molecule has 0 bridgehead atoms. The van der Waals surface area contributed by atoms with E-state index >= 15 is 0 Å². The van der Waals surface area contributed by atoms with Crippen LogP contribution in [0.1, 0.15) is 37.2 Å². The van der Waals surface area contributed by atoms with Gasteiger partial charge in [0.05, 0.1) is 0 Å². The van der Waals surface area contributed by atoms with Crippen molar-refractivity contribution in [3.8, 4) is 0 Å². The topological polar surface area (TPSA) is 57.8 Å². The molecule has 2 heterocycles. The van der Waals surface area contributed by atoms with Crippen LogP contribution in [0.15, 0.2) is 11.6 Å². The van der Waals surface area contributed by atoms with Gasteiger partial charge in [-0.05, 0) is 12.8 Å². The molecule has 0 amide bonds. The number of anilines is 1. The van der Waals surface area contributed by atoms with Crippen LogP contribution in [0.2, 0.25) is 0 Å². The van der Waals surface area contributed by atoms with Crippen LogP contribution < -0.4 is 4.90 Å². The van der Waals surface area contributed by atoms with Gasteiger partial charge in [-0.25, -0.2) is 9.78 Å². The predicted octanol–water partition coefficient (Wildman–Crippen LogP) is 2.72. The largest absolute Gasteiger partial charge is 0.476 e. The Labute approximate surface area is 110 Å². The number of aromatic nitrogens is 2. The fourth-order valence-electron chi connectivity index (χ4n) is 2.06. The lowest BCUT2D eigenvalue weighted by atomic mass is 10.3. The van der Waals surface area contributed by atoms with Crippen molar-refractivity contribution in [3.05, 3.63) is 17.3 Å². The summed E-state index contributed by atoms with van der Waals surface area (Å²) in [6.07, 6.45) is 3.71. The van der Waals surface area contributed by atoms with Gasteiger partial charge in [-0.2, -0.15) is 0 Å². The van der Waals surface area contributed by atoms with Gasteiger partial charge in [0.25, 0.3) is 0 Å². The third-order valence-corrected chi connectivity index (χ3v) is 3.49. The number of nitrogens with zero attached hydrogens (tertiary/aromatic N) is 3. The lowest BCUT2D eigenvalue weighted by Gasteiger charge is -2.21. The maximum Gasteiger partial charge on any atom is 0.356 e. The smallest absolute Gasteiger partial charge is 0.356 e. The molecular formula is C12H17N3O2S. The van der Waals surface area contributed by atoms with Gasteiger partial charge in [-0.15, -0.1) is 11.3 Å². The number of aromatic carboxylic acids is 1. The molecule has 5 nitrogen and oxygen atoms in total. The molecule has 6 heteroatoms. The Bertz CT molecular complexity index is 541. The number of rotatable bonds is 6. The van der Waals surface area contributed by atoms with Crippen LogP contribution in [0.5, 0.6) is 0 Å². The number of fused-ring (bicyclic) bond motifs is 1. The number of carboxylic acids is 1. The highest BCUT2D eigenvalue weighted by molar-refractivity contribution is 7.15. The molecule has 0 saturated heterocycles. The fraction of sp³-hybridized carbons (Fsp3) is 0.500. The molecule has 1 N–H and O–H groups in total. The van der Waals surface area contributed by atoms with Crippen molar-refractivity contribution in [2.45, 2.75) is 26.7 Å². The Morgan fingerprint density at radius 2 is 2.11 bits per heavy atom. The summed E-state index contributed by atoms with van der Waals surface area (Å²) in [4.78, 5) is 18.7. The number of thiazole rings is 1. The summed E-state index contributed by atoms with van der Waals surface area (Å²) in [6.45, 7) is 5.83. The highest BCUT2D eigenvalue weighted by atomic mass is 32.1. The van der Waals surface area contributed by atoms with Gasteiger partial charge in [0.2, 0.25) is 0 Å². The minimum Gasteiger partial charge on any atom is -0.476 e. The third-order valence-electron chi connectivity index (χ3n) is 2.73. The molecule has 0 fully saturated rings. The van der Waals surface area contributed by atoms with Crippen molar-refractivity contribution in [1.29, 1.82) is 0 Å². The van der Waals surface area contributed by atoms with Crippen molar-refractivity contribution in [2.75, 3.05) is 18.0 Å². The molecule has 2 rings (SSSR count). The van der Waals surface area contributed by atoms with Crippen LogP contribution in [0.3, 0.4) is 0 Å². The van der Waals surface area contributed by atoms with Gasteiger partial charge in [0.1, 0.15) is 0 Å². The van der Waals surface area contributed by atoms with E-state index in [-0.39, 0.29) is 5.69 Å². The van der Waals surface area contributed by atoms with E-state index in [1.807, 2.05) is 5.38 Å². The van der Waals surface area contributed by atoms with Crippen LogP contribution in [-0.2, 0) is 0 Å². The normalized spacial score (nSPS) is 11.0. The zero-order chi connectivity index (χ0) is 13.1. The van der Waals surface area contributed by atoms with E-state index in [1.54, 1.807) is 10.6 Å². The Kier molecular flexibility index (Phi) is 3.86. The molecular weight excluding hydrogens is 250 g/mol. The van der Waals surface area contributed by atoms with Crippen LogP contribution >= 0.6 is 11.3 Å². The minimum absolute atomic E-state index is 0.271. The van der Waals surface area contributed by atoms with Crippen molar-refractivity contribution < 1.29 is 9.90 Å². The number of carbonyl (C=O) groups is 1. The third kappa shape index (κ3) is 2.20. The maximum absolute atomic E-state index is 11.4. The maximum atomic E-state index is 11.4. The predicted molar refractivity (Wildman–Crippen MR) is 72.8 cm³/mol. The van der Waals surface area contributed by atoms with E-state index in [4.69, 9.17) is 0 Å². The summed E-state index contributed by atoms with van der Waals surface area (Å²) in [5.74, 6) is -0.328. The van der Waals surface area contributed by atoms with Crippen LogP contribution in [0, 0.1) is 0 Å². The van der Waals surface area contributed by atoms with E-state index < -0.39 is 5.97 Å². The van der Waals surface area contributed by atoms with Gasteiger partial charge in [0.15, 0.2) is 16.5 Å². The van der Waals surface area contributed by atoms with Crippen LogP contribution in [0.25, 0.3) is 4.96 Å². The Morgan fingerprint density at radius 3 is 2.67 bits per heavy atom. The van der Waals surface area contributed by atoms with Crippen molar-refractivity contribution in [1.82, 2.24) is 9.38 Å². The van der Waals surface area contributed by atoms with Crippen molar-refractivity contribution in [2.24, 2.45) is 0 Å². The SMILES string of the molecule is CCCN(CCC)c1nc2sccn2c1C(=O)O. The average Bonchev–Trinajstić information content (AvgIpc) is 2.87. The standard InChI is InChI=1S/C12H17N3O2S/c1-3-5-14(6-4-2)10-9(11(16)17)15-7-8-18-12(15)13-10/h7-8H,3-6H2,1-2H3,(H,16,17). The second kappa shape index (κ2) is 5.39. The molecule has 0 spiro atoms. The first kappa shape index (κ1) is 12.9. The number of carboxylic acid groups (broad SMARTS) is 1. The molecule has 0 aromatic carbocycles. The average molecular weight is 267 g/mol. The summed E-state index contributed by atoms with van der Waals surface area (Å²) in [7, 11) is 0. The van der Waals surface area contributed by atoms with Crippen molar-refractivity contribution >= 4 is 28.1 Å². The zero-order valence-corrected chi connectivity index (χ0v) is 11.4. The first-order valence-electron chi connectivity index (χ1n) is 6.12. The Morgan fingerprint density at radius 1 is 1.44 bits per heavy atom. The Balaban J connectivity index is 2.49. The summed E-state index contributed by atoms with van der Waals surface area (Å²) in [5, 5.41) is 11.2. The summed E-state index contributed by atoms with van der Waals surface area (Å²) < 4.78 is 1.65. The van der Waals surface area contributed by atoms with Crippen LogP contribution in [0.4, 0.5) is 5.82 Å². The molecule has 0 aliphatic rings. The monoisotopic (exact) mass is 267 g/mol. The van der Waals surface area contributed by atoms with E-state index in [1.165, 1.54) is 11.3 Å². The first-order valence-corrected chi connectivity index (χ1v) is 7.00. The number of imidazole rings is 1. The van der Waals surface area contributed by atoms with E-state index in [0.29, 0.717) is 5.82 Å². The van der Waals surface area contributed by atoms with Crippen molar-refractivity contribution in [3.63, 3.8) is 0 Å². The van der Waals surface area contributed by atoms with E-state index in [2.05, 4.69) is 23.7 Å². The summed E-state index contributed by atoms with van der Waals surface area (Å²) in [5.41, 5.74) is 0.271. The van der Waals surface area contributed by atoms with E-state index in [0.717, 1.165) is 30.9 Å². The van der Waals surface area contributed by atoms with Gasteiger partial charge in [-0.1, -0.05) is 13.8 Å². The molecule has 0 atom stereocenters. The highest BCUT2D eigenvalue weighted by Gasteiger charge is 2.23. The molecule has 0 radical (unpaired) electrons. The lowest BCUT2D eigenvalue weighted by molar-refractivity contribution is 0.0690. The highest BCUT2D eigenvalue weighted by Crippen LogP contribution is 2.25. The second-order valence-corrected chi connectivity index (χ2v) is 5.00. The van der Waals surface area contributed by atoms with Gasteiger partial charge in [-0.3, -0.25) is 4.40 Å². The molecule has 0 aliphatic heterocycles. The molecule has 2 aromatic heterocycles. The molecule has 18 heavy (non-hydrogen) atoms. The zero-order valence-electron chi connectivity index (χ0n) is 10.6. The summed E-state index contributed by atoms with van der Waals surface area (Å²) >= 11 is 1.46. The quantitative estimate of drug-likeness (QED) is 0.874. The van der Waals surface area contributed by atoms with Gasteiger partial charge < -0.3 is 10.0 Å². The number of hydrogen-bond donors (Lipinski definition) is 1. The molecule has 98 valence electrons. The fourth-order valence-corrected chi connectivity index (χ4v) is 2.77. The summed E-state index contributed by atoms with van der Waals surface area (Å²) in [6, 6.07) is 0. The minimum atomic E-state index is -0.923. The second-order valence-electron chi connectivity index (χ2n) is 4.13. The first-order chi connectivity index (χ1) is 8.69. The lowest BCUT2D eigenvalue weighted by Crippen LogP contribution is -2.27. The Hall–Kier alpha value is -1.56. The molecule has 0 aliphatic carbocycles. The molecule has 0 unspecified atom stereocenters. The molecule has 2 aromatic rings. The number of hydrogen-bond acceptors (Lipinski definition) is 4. The van der Waals surface area contributed by atoms with E-state index in [9.17, 15) is 9.90 Å². The van der Waals surface area contributed by atoms with Gasteiger partial charge >= 0.3 is 5.97 Å².